The third-order valence-electron chi connectivity index (χ3n) is 2.89. The number of nitrogens with one attached hydrogen (secondary N) is 1. The van der Waals surface area contributed by atoms with E-state index in [0.717, 1.165) is 5.56 Å². The summed E-state index contributed by atoms with van der Waals surface area (Å²) < 4.78 is 28.0. The fourth-order valence-electron chi connectivity index (χ4n) is 1.79. The van der Waals surface area contributed by atoms with Gasteiger partial charge < -0.3 is 5.73 Å². The van der Waals surface area contributed by atoms with E-state index >= 15 is 0 Å². The van der Waals surface area contributed by atoms with Gasteiger partial charge in [0.1, 0.15) is 0 Å². The van der Waals surface area contributed by atoms with Crippen LogP contribution in [0.2, 0.25) is 0 Å². The van der Waals surface area contributed by atoms with Gasteiger partial charge in [-0.25, -0.2) is 8.42 Å². The van der Waals surface area contributed by atoms with E-state index < -0.39 is 10.0 Å². The van der Waals surface area contributed by atoms with Gasteiger partial charge in [-0.05, 0) is 59.6 Å². The normalized spacial score (nSPS) is 11.3. The van der Waals surface area contributed by atoms with Crippen molar-refractivity contribution in [3.63, 3.8) is 0 Å². The first-order valence-electron chi connectivity index (χ1n) is 5.95. The number of rotatable bonds is 3. The molecule has 0 heterocycles. The summed E-state index contributed by atoms with van der Waals surface area (Å²) in [6.45, 7) is 3.67. The number of aryl methyl sites for hydroxylation is 2. The molecule has 0 aliphatic rings. The molecule has 0 aromatic heterocycles. The van der Waals surface area contributed by atoms with E-state index in [2.05, 4.69) is 20.7 Å². The van der Waals surface area contributed by atoms with E-state index in [0.29, 0.717) is 21.4 Å². The average Bonchev–Trinajstić information content (AvgIpc) is 2.36. The SMILES string of the molecule is Cc1ccc(NS(=O)(=O)c2cc(N)c(Br)cc2C)cc1. The second-order valence-corrected chi connectivity index (χ2v) is 7.12. The Labute approximate surface area is 127 Å². The van der Waals surface area contributed by atoms with E-state index in [4.69, 9.17) is 5.73 Å². The van der Waals surface area contributed by atoms with Crippen molar-refractivity contribution in [2.45, 2.75) is 18.7 Å². The highest BCUT2D eigenvalue weighted by atomic mass is 79.9. The maximum atomic E-state index is 12.4. The maximum Gasteiger partial charge on any atom is 0.262 e. The lowest BCUT2D eigenvalue weighted by molar-refractivity contribution is 0.600. The summed E-state index contributed by atoms with van der Waals surface area (Å²) in [4.78, 5) is 0.179. The molecule has 2 aromatic carbocycles. The van der Waals surface area contributed by atoms with Gasteiger partial charge in [0.2, 0.25) is 0 Å². The molecule has 0 radical (unpaired) electrons. The van der Waals surface area contributed by atoms with Crippen LogP contribution in [0.4, 0.5) is 11.4 Å². The number of benzene rings is 2. The molecule has 0 spiro atoms. The van der Waals surface area contributed by atoms with Crippen molar-refractivity contribution in [1.82, 2.24) is 0 Å². The van der Waals surface area contributed by atoms with Crippen molar-refractivity contribution in [3.05, 3.63) is 52.0 Å². The zero-order valence-electron chi connectivity index (χ0n) is 11.1. The molecular formula is C14H15BrN2O2S. The van der Waals surface area contributed by atoms with Crippen molar-refractivity contribution in [2.75, 3.05) is 10.5 Å². The standard InChI is InChI=1S/C14H15BrN2O2S/c1-9-3-5-11(6-4-9)17-20(18,19)14-8-13(16)12(15)7-10(14)2/h3-8,17H,16H2,1-2H3. The van der Waals surface area contributed by atoms with Crippen LogP contribution in [0.3, 0.4) is 0 Å². The van der Waals surface area contributed by atoms with E-state index in [1.165, 1.54) is 6.07 Å². The molecule has 2 aromatic rings. The van der Waals surface area contributed by atoms with Crippen LogP contribution in [-0.2, 0) is 10.0 Å². The Balaban J connectivity index is 2.40. The number of anilines is 2. The zero-order chi connectivity index (χ0) is 14.9. The third-order valence-corrected chi connectivity index (χ3v) is 5.10. The minimum absolute atomic E-state index is 0.179. The van der Waals surface area contributed by atoms with E-state index in [1.807, 2.05) is 19.1 Å². The molecule has 0 unspecified atom stereocenters. The Morgan fingerprint density at radius 3 is 2.30 bits per heavy atom. The molecule has 0 amide bonds. The molecule has 6 heteroatoms. The van der Waals surface area contributed by atoms with Crippen LogP contribution in [0, 0.1) is 13.8 Å². The molecule has 106 valence electrons. The summed E-state index contributed by atoms with van der Waals surface area (Å²) in [7, 11) is -3.65. The monoisotopic (exact) mass is 354 g/mol. The van der Waals surface area contributed by atoms with E-state index in [-0.39, 0.29) is 4.90 Å². The Bertz CT molecular complexity index is 741. The number of halogens is 1. The second-order valence-electron chi connectivity index (χ2n) is 4.61. The van der Waals surface area contributed by atoms with Crippen LogP contribution >= 0.6 is 15.9 Å². The summed E-state index contributed by atoms with van der Waals surface area (Å²) >= 11 is 3.28. The van der Waals surface area contributed by atoms with Gasteiger partial charge in [-0.2, -0.15) is 0 Å². The summed E-state index contributed by atoms with van der Waals surface area (Å²) in [6, 6.07) is 10.3. The lowest BCUT2D eigenvalue weighted by Crippen LogP contribution is -2.14. The van der Waals surface area contributed by atoms with Crippen molar-refractivity contribution in [3.8, 4) is 0 Å². The lowest BCUT2D eigenvalue weighted by atomic mass is 10.2. The van der Waals surface area contributed by atoms with Gasteiger partial charge in [0, 0.05) is 15.8 Å². The van der Waals surface area contributed by atoms with Gasteiger partial charge >= 0.3 is 0 Å². The predicted molar refractivity (Wildman–Crippen MR) is 85.3 cm³/mol. The summed E-state index contributed by atoms with van der Waals surface area (Å²) in [5.74, 6) is 0. The molecule has 20 heavy (non-hydrogen) atoms. The predicted octanol–water partition coefficient (Wildman–Crippen LogP) is 3.45. The Morgan fingerprint density at radius 1 is 1.10 bits per heavy atom. The smallest absolute Gasteiger partial charge is 0.262 e. The van der Waals surface area contributed by atoms with Crippen LogP contribution in [0.25, 0.3) is 0 Å². The number of hydrogen-bond donors (Lipinski definition) is 2. The first-order chi connectivity index (χ1) is 9.29. The first kappa shape index (κ1) is 14.9. The fourth-order valence-corrected chi connectivity index (χ4v) is 3.57. The Kier molecular flexibility index (Phi) is 4.06. The molecule has 0 aliphatic heterocycles. The summed E-state index contributed by atoms with van der Waals surface area (Å²) in [5.41, 5.74) is 8.37. The van der Waals surface area contributed by atoms with Gasteiger partial charge in [0.05, 0.1) is 4.90 Å². The molecular weight excluding hydrogens is 340 g/mol. The van der Waals surface area contributed by atoms with E-state index in [1.54, 1.807) is 25.1 Å². The van der Waals surface area contributed by atoms with Crippen molar-refractivity contribution < 1.29 is 8.42 Å². The zero-order valence-corrected chi connectivity index (χ0v) is 13.5. The van der Waals surface area contributed by atoms with Gasteiger partial charge in [0.15, 0.2) is 0 Å². The maximum absolute atomic E-state index is 12.4. The quantitative estimate of drug-likeness (QED) is 0.829. The largest absolute Gasteiger partial charge is 0.398 e. The average molecular weight is 355 g/mol. The van der Waals surface area contributed by atoms with Crippen molar-refractivity contribution in [1.29, 1.82) is 0 Å². The highest BCUT2D eigenvalue weighted by molar-refractivity contribution is 9.10. The Hall–Kier alpha value is -1.53. The number of nitrogens with two attached hydrogens (primary N) is 1. The second kappa shape index (κ2) is 5.46. The highest BCUT2D eigenvalue weighted by Gasteiger charge is 2.18. The molecule has 0 saturated heterocycles. The summed E-state index contributed by atoms with van der Waals surface area (Å²) in [5, 5.41) is 0. The number of sulfonamides is 1. The van der Waals surface area contributed by atoms with E-state index in [9.17, 15) is 8.42 Å². The minimum atomic E-state index is -3.65. The molecule has 3 N–H and O–H groups in total. The highest BCUT2D eigenvalue weighted by Crippen LogP contribution is 2.27. The van der Waals surface area contributed by atoms with Crippen LogP contribution in [0.1, 0.15) is 11.1 Å². The Morgan fingerprint density at radius 2 is 1.70 bits per heavy atom. The van der Waals surface area contributed by atoms with Crippen molar-refractivity contribution >= 4 is 37.3 Å². The molecule has 4 nitrogen and oxygen atoms in total. The minimum Gasteiger partial charge on any atom is -0.398 e. The first-order valence-corrected chi connectivity index (χ1v) is 8.22. The van der Waals surface area contributed by atoms with Crippen LogP contribution in [0.5, 0.6) is 0 Å². The van der Waals surface area contributed by atoms with Gasteiger partial charge in [0.25, 0.3) is 10.0 Å². The molecule has 0 aliphatic carbocycles. The topological polar surface area (TPSA) is 72.2 Å². The molecule has 0 fully saturated rings. The van der Waals surface area contributed by atoms with Crippen LogP contribution in [0.15, 0.2) is 45.8 Å². The molecule has 0 bridgehead atoms. The molecule has 2 rings (SSSR count). The molecule has 0 atom stereocenters. The number of nitrogen functional groups attached to an aromatic ring is 1. The fraction of sp³-hybridized carbons (Fsp3) is 0.143. The lowest BCUT2D eigenvalue weighted by Gasteiger charge is -2.12. The third kappa shape index (κ3) is 3.13. The summed E-state index contributed by atoms with van der Waals surface area (Å²) in [6.07, 6.45) is 0. The number of hydrogen-bond acceptors (Lipinski definition) is 3. The van der Waals surface area contributed by atoms with Crippen LogP contribution < -0.4 is 10.5 Å². The van der Waals surface area contributed by atoms with Gasteiger partial charge in [-0.3, -0.25) is 4.72 Å². The molecule has 0 saturated carbocycles. The van der Waals surface area contributed by atoms with Crippen molar-refractivity contribution in [2.24, 2.45) is 0 Å². The van der Waals surface area contributed by atoms with Gasteiger partial charge in [-0.1, -0.05) is 17.7 Å². The van der Waals surface area contributed by atoms with Crippen LogP contribution in [-0.4, -0.2) is 8.42 Å². The van der Waals surface area contributed by atoms with Gasteiger partial charge in [-0.15, -0.1) is 0 Å².